The largest absolute Gasteiger partial charge is 0.507 e. The summed E-state index contributed by atoms with van der Waals surface area (Å²) in [6.07, 6.45) is -0.393. The van der Waals surface area contributed by atoms with Crippen LogP contribution in [0.15, 0.2) is 101 Å². The first-order valence-electron chi connectivity index (χ1n) is 16.6. The Morgan fingerprint density at radius 3 is 2.13 bits per heavy atom. The van der Waals surface area contributed by atoms with Crippen molar-refractivity contribution in [2.45, 2.75) is 22.4 Å². The maximum Gasteiger partial charge on any atom is 0.416 e. The van der Waals surface area contributed by atoms with Gasteiger partial charge in [0.1, 0.15) is 22.8 Å². The van der Waals surface area contributed by atoms with Crippen LogP contribution in [0.2, 0.25) is 0 Å². The van der Waals surface area contributed by atoms with E-state index in [0.29, 0.717) is 24.5 Å². The highest BCUT2D eigenvalue weighted by Gasteiger charge is 2.33. The third-order valence-electron chi connectivity index (χ3n) is 8.67. The Hall–Kier alpha value is -4.20. The van der Waals surface area contributed by atoms with Gasteiger partial charge in [-0.25, -0.2) is 0 Å². The van der Waals surface area contributed by atoms with E-state index >= 15 is 0 Å². The number of ether oxygens (including phenoxy) is 2. The number of ketones is 1. The van der Waals surface area contributed by atoms with E-state index in [9.17, 15) is 23.1 Å². The molecule has 278 valence electrons. The van der Waals surface area contributed by atoms with E-state index in [0.717, 1.165) is 60.2 Å². The lowest BCUT2D eigenvalue weighted by atomic mass is 10.1. The molecule has 52 heavy (non-hydrogen) atoms. The van der Waals surface area contributed by atoms with Crippen LogP contribution >= 0.6 is 24.2 Å². The van der Waals surface area contributed by atoms with Crippen LogP contribution in [0, 0.1) is 0 Å². The van der Waals surface area contributed by atoms with Gasteiger partial charge in [-0.15, -0.1) is 12.4 Å². The van der Waals surface area contributed by atoms with E-state index in [4.69, 9.17) is 14.6 Å². The Bertz CT molecular complexity index is 1800. The summed E-state index contributed by atoms with van der Waals surface area (Å²) < 4.78 is 50.1. The second kappa shape index (κ2) is 19.0. The summed E-state index contributed by atoms with van der Waals surface area (Å²) in [5.41, 5.74) is 2.03. The number of rotatable bonds is 11. The van der Waals surface area contributed by atoms with Crippen molar-refractivity contribution in [2.24, 2.45) is 0 Å². The molecule has 0 aliphatic carbocycles. The molecule has 0 atom stereocenters. The number of allylic oxidation sites excluding steroid dienone is 1. The molecule has 2 aliphatic rings. The maximum atomic E-state index is 13.3. The van der Waals surface area contributed by atoms with Crippen molar-refractivity contribution >= 4 is 47.4 Å². The Morgan fingerprint density at radius 2 is 1.48 bits per heavy atom. The fraction of sp³-hybridized carbons (Fsp3) is 0.308. The number of β-amino-alcohol motifs (C(OH)–C–C–N with tert-alkyl or cyclic N) is 1. The highest BCUT2D eigenvalue weighted by Crippen LogP contribution is 2.49. The van der Waals surface area contributed by atoms with Gasteiger partial charge in [-0.2, -0.15) is 13.2 Å². The molecule has 0 amide bonds. The molecule has 0 radical (unpaired) electrons. The average molecular weight is 758 g/mol. The van der Waals surface area contributed by atoms with Gasteiger partial charge in [0, 0.05) is 61.2 Å². The van der Waals surface area contributed by atoms with Crippen LogP contribution in [0.25, 0.3) is 6.08 Å². The number of hydrogen-bond acceptors (Lipinski definition) is 9. The Kier molecular flexibility index (Phi) is 14.9. The number of methoxy groups -OCH3 is 2. The van der Waals surface area contributed by atoms with E-state index in [2.05, 4.69) is 9.80 Å². The zero-order valence-electron chi connectivity index (χ0n) is 29.0. The van der Waals surface area contributed by atoms with Crippen LogP contribution in [0.5, 0.6) is 17.2 Å². The fourth-order valence-corrected chi connectivity index (χ4v) is 7.08. The molecule has 0 aromatic heterocycles. The second-order valence-corrected chi connectivity index (χ2v) is 13.1. The third-order valence-corrected chi connectivity index (χ3v) is 9.80. The summed E-state index contributed by atoms with van der Waals surface area (Å²) >= 11 is 1.53. The van der Waals surface area contributed by atoms with E-state index in [1.165, 1.54) is 50.3 Å². The zero-order chi connectivity index (χ0) is 36.4. The first-order chi connectivity index (χ1) is 24.6. The van der Waals surface area contributed by atoms with Gasteiger partial charge in [-0.1, -0.05) is 60.3 Å². The van der Waals surface area contributed by atoms with Crippen LogP contribution in [0.1, 0.15) is 27.9 Å². The van der Waals surface area contributed by atoms with Crippen LogP contribution in [-0.4, -0.2) is 92.4 Å². The van der Waals surface area contributed by atoms with E-state index in [1.807, 2.05) is 59.5 Å². The van der Waals surface area contributed by atoms with Gasteiger partial charge in [0.05, 0.1) is 37.8 Å². The number of halogens is 4. The summed E-state index contributed by atoms with van der Waals surface area (Å²) in [6, 6.07) is 24.3. The highest BCUT2D eigenvalue weighted by atomic mass is 35.5. The SMILES string of the molecule is COc1cc(O)c(C(=O)C=Cc2ccccc2)c(OC)c1.Cl.OCCN1CCN(CCCN2c3ccccc3Sc3ccc(C(F)(F)F)cc32)CC1. The molecule has 0 unspecified atom stereocenters. The fourth-order valence-electron chi connectivity index (χ4n) is 6.00. The Morgan fingerprint density at radius 1 is 0.827 bits per heavy atom. The minimum absolute atomic E-state index is 0. The van der Waals surface area contributed by atoms with Gasteiger partial charge in [-0.3, -0.25) is 9.69 Å². The Labute approximate surface area is 312 Å². The summed E-state index contributed by atoms with van der Waals surface area (Å²) in [4.78, 5) is 20.9. The lowest BCUT2D eigenvalue weighted by molar-refractivity contribution is -0.137. The summed E-state index contributed by atoms with van der Waals surface area (Å²) in [5, 5.41) is 19.1. The Balaban J connectivity index is 0.000000243. The molecule has 4 aromatic carbocycles. The molecule has 1 saturated heterocycles. The number of phenols is 1. The van der Waals surface area contributed by atoms with Crippen molar-refractivity contribution < 1.29 is 37.7 Å². The number of alkyl halides is 3. The first-order valence-corrected chi connectivity index (χ1v) is 17.5. The summed E-state index contributed by atoms with van der Waals surface area (Å²) in [6.45, 7) is 6.29. The molecular formula is C39H43ClF3N3O5S. The summed E-state index contributed by atoms with van der Waals surface area (Å²) in [5.74, 6) is 0.187. The van der Waals surface area contributed by atoms with E-state index in [-0.39, 0.29) is 41.9 Å². The molecule has 0 saturated carbocycles. The van der Waals surface area contributed by atoms with Crippen molar-refractivity contribution in [2.75, 3.05) is 71.5 Å². The van der Waals surface area contributed by atoms with E-state index in [1.54, 1.807) is 18.2 Å². The van der Waals surface area contributed by atoms with Gasteiger partial charge in [0.2, 0.25) is 0 Å². The number of fused-ring (bicyclic) bond motifs is 2. The molecule has 2 aliphatic heterocycles. The quantitative estimate of drug-likeness (QED) is 0.117. The van der Waals surface area contributed by atoms with Crippen LogP contribution in [0.4, 0.5) is 24.5 Å². The molecule has 0 bridgehead atoms. The summed E-state index contributed by atoms with van der Waals surface area (Å²) in [7, 11) is 2.91. The predicted octanol–water partition coefficient (Wildman–Crippen LogP) is 8.04. The molecular weight excluding hydrogens is 715 g/mol. The smallest absolute Gasteiger partial charge is 0.416 e. The predicted molar refractivity (Wildman–Crippen MR) is 202 cm³/mol. The lowest BCUT2D eigenvalue weighted by Crippen LogP contribution is -2.47. The molecule has 2 heterocycles. The minimum atomic E-state index is -4.35. The number of piperazine rings is 1. The van der Waals surface area contributed by atoms with Crippen molar-refractivity contribution in [1.29, 1.82) is 0 Å². The number of phenolic OH excluding ortho intramolecular Hbond substituents is 1. The number of anilines is 2. The van der Waals surface area contributed by atoms with Crippen molar-refractivity contribution in [1.82, 2.24) is 9.80 Å². The van der Waals surface area contributed by atoms with Crippen molar-refractivity contribution in [3.63, 3.8) is 0 Å². The highest BCUT2D eigenvalue weighted by molar-refractivity contribution is 7.99. The van der Waals surface area contributed by atoms with Gasteiger partial charge in [0.25, 0.3) is 0 Å². The lowest BCUT2D eigenvalue weighted by Gasteiger charge is -2.36. The van der Waals surface area contributed by atoms with Crippen LogP contribution in [-0.2, 0) is 6.18 Å². The van der Waals surface area contributed by atoms with Gasteiger partial charge in [-0.05, 0) is 54.9 Å². The van der Waals surface area contributed by atoms with Gasteiger partial charge >= 0.3 is 6.18 Å². The number of hydrogen-bond donors (Lipinski definition) is 2. The zero-order valence-corrected chi connectivity index (χ0v) is 30.6. The van der Waals surface area contributed by atoms with Crippen molar-refractivity contribution in [3.05, 3.63) is 108 Å². The standard InChI is InChI=1S/C22H26F3N3OS.C17H16O4.ClH/c23-22(24,25)17-6-7-21-19(16-17)28(18-4-1-2-5-20(18)30-21)9-3-8-26-10-12-27(13-11-26)14-15-29;1-20-13-10-15(19)17(16(11-13)21-2)14(18)9-8-12-6-4-3-5-7-12;/h1-2,4-7,16,29H,3,8-15H2;3-11,19H,1-2H3;1H. The number of para-hydroxylation sites is 1. The number of aliphatic hydroxyl groups excluding tert-OH is 1. The molecule has 13 heteroatoms. The number of aromatic hydroxyl groups is 1. The van der Waals surface area contributed by atoms with Gasteiger partial charge < -0.3 is 29.5 Å². The molecule has 2 N–H and O–H groups in total. The molecule has 8 nitrogen and oxygen atoms in total. The maximum absolute atomic E-state index is 13.3. The average Bonchev–Trinajstić information content (AvgIpc) is 3.14. The normalized spacial score (nSPS) is 14.5. The number of aliphatic hydroxyl groups is 1. The number of nitrogens with zero attached hydrogens (tertiary/aromatic N) is 3. The van der Waals surface area contributed by atoms with Gasteiger partial charge in [0.15, 0.2) is 5.78 Å². The molecule has 4 aromatic rings. The molecule has 6 rings (SSSR count). The van der Waals surface area contributed by atoms with Crippen LogP contribution < -0.4 is 14.4 Å². The van der Waals surface area contributed by atoms with Crippen molar-refractivity contribution in [3.8, 4) is 17.2 Å². The third kappa shape index (κ3) is 10.4. The second-order valence-electron chi connectivity index (χ2n) is 12.0. The molecule has 0 spiro atoms. The van der Waals surface area contributed by atoms with E-state index < -0.39 is 11.7 Å². The number of carbonyl (C=O) groups is 1. The first kappa shape index (κ1) is 40.6. The monoisotopic (exact) mass is 757 g/mol. The topological polar surface area (TPSA) is 85.7 Å². The minimum Gasteiger partial charge on any atom is -0.507 e. The molecule has 1 fully saturated rings. The number of carbonyl (C=O) groups excluding carboxylic acids is 1. The number of benzene rings is 4. The van der Waals surface area contributed by atoms with Crippen LogP contribution in [0.3, 0.4) is 0 Å².